The Labute approximate surface area is 120 Å². The summed E-state index contributed by atoms with van der Waals surface area (Å²) in [6.07, 6.45) is 2.00. The van der Waals surface area contributed by atoms with Crippen LogP contribution in [0.15, 0.2) is 0 Å². The van der Waals surface area contributed by atoms with Crippen molar-refractivity contribution in [1.82, 2.24) is 10.3 Å². The lowest BCUT2D eigenvalue weighted by atomic mass is 10.4. The average molecular weight is 302 g/mol. The smallest absolute Gasteiger partial charge is 0.265 e. The third-order valence-electron chi connectivity index (χ3n) is 2.72. The Bertz CT molecular complexity index is 432. The number of carbonyl (C=O) groups excluding carboxylic acids is 1. The van der Waals surface area contributed by atoms with E-state index in [1.54, 1.807) is 11.8 Å². The highest BCUT2D eigenvalue weighted by Crippen LogP contribution is 2.28. The molecule has 0 spiro atoms. The molecule has 0 saturated carbocycles. The van der Waals surface area contributed by atoms with Crippen molar-refractivity contribution in [1.29, 1.82) is 0 Å². The molecule has 1 aliphatic rings. The molecule has 106 valence electrons. The van der Waals surface area contributed by atoms with Crippen molar-refractivity contribution in [2.24, 2.45) is 0 Å². The summed E-state index contributed by atoms with van der Waals surface area (Å²) in [6, 6.07) is 0. The van der Waals surface area contributed by atoms with Crippen LogP contribution in [0.3, 0.4) is 0 Å². The molecule has 1 fully saturated rings. The van der Waals surface area contributed by atoms with E-state index < -0.39 is 0 Å². The monoisotopic (exact) mass is 302 g/mol. The molecule has 0 aromatic carbocycles. The second-order valence-corrected chi connectivity index (χ2v) is 6.02. The number of amides is 1. The summed E-state index contributed by atoms with van der Waals surface area (Å²) in [5.74, 6) is 1.07. The summed E-state index contributed by atoms with van der Waals surface area (Å²) in [5, 5.41) is 3.65. The third-order valence-corrected chi connectivity index (χ3v) is 4.46. The molecule has 3 N–H and O–H groups in total. The third kappa shape index (κ3) is 3.74. The van der Waals surface area contributed by atoms with Crippen molar-refractivity contribution in [3.8, 4) is 0 Å². The van der Waals surface area contributed by atoms with Crippen LogP contribution in [0.2, 0.25) is 0 Å². The summed E-state index contributed by atoms with van der Waals surface area (Å²) in [6.45, 7) is 3.61. The maximum absolute atomic E-state index is 12.0. The maximum Gasteiger partial charge on any atom is 0.265 e. The fraction of sp³-hybridized carbons (Fsp3) is 0.636. The molecule has 1 aromatic heterocycles. The Morgan fingerprint density at radius 2 is 2.32 bits per heavy atom. The molecule has 6 nitrogen and oxygen atoms in total. The van der Waals surface area contributed by atoms with Gasteiger partial charge in [0, 0.05) is 25.4 Å². The first kappa shape index (κ1) is 14.4. The molecule has 0 atom stereocenters. The number of hydrogen-bond acceptors (Lipinski definition) is 7. The van der Waals surface area contributed by atoms with Crippen molar-refractivity contribution >= 4 is 40.0 Å². The molecule has 8 heteroatoms. The molecule has 2 rings (SSSR count). The zero-order valence-corrected chi connectivity index (χ0v) is 12.5. The van der Waals surface area contributed by atoms with E-state index in [1.165, 1.54) is 11.3 Å². The maximum atomic E-state index is 12.0. The van der Waals surface area contributed by atoms with Gasteiger partial charge in [-0.05, 0) is 6.26 Å². The standard InChI is InChI=1S/C11H18N4O2S2/c1-18-7-2-13-10(16)8-9(12)14-11(19-8)15-3-5-17-6-4-15/h2-7,12H2,1H3,(H,13,16). The first-order valence-electron chi connectivity index (χ1n) is 6.08. The van der Waals surface area contributed by atoms with Crippen molar-refractivity contribution in [3.63, 3.8) is 0 Å². The number of carbonyl (C=O) groups is 1. The molecule has 1 aliphatic heterocycles. The molecule has 0 bridgehead atoms. The Hall–Kier alpha value is -0.990. The molecule has 0 unspecified atom stereocenters. The first-order chi connectivity index (χ1) is 9.22. The van der Waals surface area contributed by atoms with Crippen molar-refractivity contribution in [2.45, 2.75) is 0 Å². The van der Waals surface area contributed by atoms with Crippen LogP contribution in [0.4, 0.5) is 10.9 Å². The van der Waals surface area contributed by atoms with E-state index in [4.69, 9.17) is 10.5 Å². The minimum atomic E-state index is -0.136. The number of morpholine rings is 1. The Morgan fingerprint density at radius 1 is 1.58 bits per heavy atom. The molecule has 0 aliphatic carbocycles. The SMILES string of the molecule is CSCCNC(=O)c1sc(N2CCOCC2)nc1N. The number of ether oxygens (including phenoxy) is 1. The molecule has 19 heavy (non-hydrogen) atoms. The number of nitrogens with one attached hydrogen (secondary N) is 1. The van der Waals surface area contributed by atoms with Crippen LogP contribution < -0.4 is 16.0 Å². The molecular weight excluding hydrogens is 284 g/mol. The molecular formula is C11H18N4O2S2. The summed E-state index contributed by atoms with van der Waals surface area (Å²) < 4.78 is 5.29. The van der Waals surface area contributed by atoms with Crippen LogP contribution in [0.5, 0.6) is 0 Å². The zero-order valence-electron chi connectivity index (χ0n) is 10.8. The van der Waals surface area contributed by atoms with Crippen LogP contribution in [-0.4, -0.2) is 55.7 Å². The van der Waals surface area contributed by atoms with Crippen LogP contribution in [-0.2, 0) is 4.74 Å². The quantitative estimate of drug-likeness (QED) is 0.778. The van der Waals surface area contributed by atoms with Crippen molar-refractivity contribution in [2.75, 3.05) is 55.5 Å². The van der Waals surface area contributed by atoms with Crippen LogP contribution >= 0.6 is 23.1 Å². The molecule has 1 amide bonds. The lowest BCUT2D eigenvalue weighted by Gasteiger charge is -2.25. The van der Waals surface area contributed by atoms with E-state index >= 15 is 0 Å². The first-order valence-corrected chi connectivity index (χ1v) is 8.29. The number of nitrogens with zero attached hydrogens (tertiary/aromatic N) is 2. The Balaban J connectivity index is 2.01. The molecule has 1 aromatic rings. The topological polar surface area (TPSA) is 80.5 Å². The highest BCUT2D eigenvalue weighted by Gasteiger charge is 2.20. The fourth-order valence-electron chi connectivity index (χ4n) is 1.72. The minimum absolute atomic E-state index is 0.136. The van der Waals surface area contributed by atoms with Gasteiger partial charge in [-0.3, -0.25) is 4.79 Å². The number of aromatic nitrogens is 1. The van der Waals surface area contributed by atoms with Gasteiger partial charge in [0.15, 0.2) is 5.13 Å². The highest BCUT2D eigenvalue weighted by atomic mass is 32.2. The van der Waals surface area contributed by atoms with Crippen LogP contribution in [0, 0.1) is 0 Å². The second-order valence-electron chi connectivity index (χ2n) is 4.06. The average Bonchev–Trinajstić information content (AvgIpc) is 2.82. The summed E-state index contributed by atoms with van der Waals surface area (Å²) >= 11 is 3.04. The van der Waals surface area contributed by atoms with Crippen molar-refractivity contribution < 1.29 is 9.53 Å². The molecule has 0 radical (unpaired) electrons. The van der Waals surface area contributed by atoms with Crippen LogP contribution in [0.1, 0.15) is 9.67 Å². The molecule has 1 saturated heterocycles. The van der Waals surface area contributed by atoms with Crippen LogP contribution in [0.25, 0.3) is 0 Å². The van der Waals surface area contributed by atoms with Crippen molar-refractivity contribution in [3.05, 3.63) is 4.88 Å². The van der Waals surface area contributed by atoms with E-state index in [9.17, 15) is 4.79 Å². The predicted molar refractivity (Wildman–Crippen MR) is 80.3 cm³/mol. The van der Waals surface area contributed by atoms with Gasteiger partial charge in [-0.1, -0.05) is 11.3 Å². The van der Waals surface area contributed by atoms with Gasteiger partial charge in [-0.2, -0.15) is 11.8 Å². The van der Waals surface area contributed by atoms with Gasteiger partial charge in [0.05, 0.1) is 13.2 Å². The van der Waals surface area contributed by atoms with E-state index in [0.29, 0.717) is 30.5 Å². The van der Waals surface area contributed by atoms with E-state index in [2.05, 4.69) is 15.2 Å². The lowest BCUT2D eigenvalue weighted by molar-refractivity contribution is 0.0961. The number of rotatable bonds is 5. The Kier molecular flexibility index (Phi) is 5.29. The van der Waals surface area contributed by atoms with Gasteiger partial charge in [0.25, 0.3) is 5.91 Å². The number of nitrogens with two attached hydrogens (primary N) is 1. The van der Waals surface area contributed by atoms with Gasteiger partial charge in [-0.15, -0.1) is 0 Å². The normalized spacial score (nSPS) is 15.5. The fourth-order valence-corrected chi connectivity index (χ4v) is 2.98. The predicted octanol–water partition coefficient (Wildman–Crippen LogP) is 0.655. The van der Waals surface area contributed by atoms with E-state index in [0.717, 1.165) is 24.0 Å². The lowest BCUT2D eigenvalue weighted by Crippen LogP contribution is -2.36. The van der Waals surface area contributed by atoms with Gasteiger partial charge in [0.2, 0.25) is 0 Å². The summed E-state index contributed by atoms with van der Waals surface area (Å²) in [7, 11) is 0. The minimum Gasteiger partial charge on any atom is -0.382 e. The summed E-state index contributed by atoms with van der Waals surface area (Å²) in [5.41, 5.74) is 5.83. The zero-order chi connectivity index (χ0) is 13.7. The van der Waals surface area contributed by atoms with Gasteiger partial charge >= 0.3 is 0 Å². The van der Waals surface area contributed by atoms with Gasteiger partial charge in [-0.25, -0.2) is 4.98 Å². The van der Waals surface area contributed by atoms with E-state index in [-0.39, 0.29) is 5.91 Å². The molecule has 2 heterocycles. The largest absolute Gasteiger partial charge is 0.382 e. The number of thiazole rings is 1. The van der Waals surface area contributed by atoms with Gasteiger partial charge in [0.1, 0.15) is 10.7 Å². The Morgan fingerprint density at radius 3 is 3.00 bits per heavy atom. The second kappa shape index (κ2) is 6.97. The number of hydrogen-bond donors (Lipinski definition) is 2. The number of thioether (sulfide) groups is 1. The summed E-state index contributed by atoms with van der Waals surface area (Å²) in [4.78, 5) is 18.9. The number of anilines is 2. The van der Waals surface area contributed by atoms with Gasteiger partial charge < -0.3 is 20.7 Å². The highest BCUT2D eigenvalue weighted by molar-refractivity contribution is 7.98. The van der Waals surface area contributed by atoms with E-state index in [1.807, 2.05) is 6.26 Å². The number of nitrogen functional groups attached to an aromatic ring is 1.